The van der Waals surface area contributed by atoms with Gasteiger partial charge in [0, 0.05) is 18.0 Å². The largest absolute Gasteiger partial charge is 0.379 e. The van der Waals surface area contributed by atoms with E-state index in [1.807, 2.05) is 0 Å². The Kier molecular flexibility index (Phi) is 1.24. The predicted octanol–water partition coefficient (Wildman–Crippen LogP) is 0.383. The Morgan fingerprint density at radius 3 is 3.11 bits per heavy atom. The Morgan fingerprint density at radius 2 is 2.33 bits per heavy atom. The normalized spacial score (nSPS) is 49.7. The van der Waals surface area contributed by atoms with E-state index in [0.717, 1.165) is 25.2 Å². The molecule has 2 heteroatoms. The van der Waals surface area contributed by atoms with Crippen LogP contribution in [-0.4, -0.2) is 25.3 Å². The average molecular weight is 127 g/mol. The molecule has 0 amide bonds. The summed E-state index contributed by atoms with van der Waals surface area (Å²) < 4.78 is 5.30. The summed E-state index contributed by atoms with van der Waals surface area (Å²) in [5, 5.41) is 3.49. The first-order valence-corrected chi connectivity index (χ1v) is 3.70. The zero-order valence-electron chi connectivity index (χ0n) is 5.76. The minimum absolute atomic E-state index is 0.681. The van der Waals surface area contributed by atoms with E-state index in [0.29, 0.717) is 6.04 Å². The highest BCUT2D eigenvalue weighted by Crippen LogP contribution is 2.25. The second-order valence-corrected chi connectivity index (χ2v) is 3.21. The number of rotatable bonds is 0. The molecule has 2 nitrogen and oxygen atoms in total. The fourth-order valence-corrected chi connectivity index (χ4v) is 1.90. The van der Waals surface area contributed by atoms with E-state index in [-0.39, 0.29) is 0 Å². The Hall–Kier alpha value is -0.0800. The highest BCUT2D eigenvalue weighted by Gasteiger charge is 2.35. The van der Waals surface area contributed by atoms with E-state index < -0.39 is 0 Å². The molecule has 1 N–H and O–H groups in total. The van der Waals surface area contributed by atoms with Crippen LogP contribution in [-0.2, 0) is 4.74 Å². The molecule has 3 atom stereocenters. The molecule has 2 fully saturated rings. The average Bonchev–Trinajstić information content (AvgIpc) is 2.22. The van der Waals surface area contributed by atoms with Crippen LogP contribution in [0.4, 0.5) is 0 Å². The van der Waals surface area contributed by atoms with Crippen LogP contribution in [0.25, 0.3) is 0 Å². The van der Waals surface area contributed by atoms with Gasteiger partial charge in [-0.25, -0.2) is 0 Å². The highest BCUT2D eigenvalue weighted by atomic mass is 16.5. The van der Waals surface area contributed by atoms with Crippen molar-refractivity contribution in [2.75, 3.05) is 13.2 Å². The van der Waals surface area contributed by atoms with Gasteiger partial charge in [0.1, 0.15) is 0 Å². The lowest BCUT2D eigenvalue weighted by atomic mass is 10.0. The zero-order chi connectivity index (χ0) is 6.27. The van der Waals surface area contributed by atoms with Gasteiger partial charge >= 0.3 is 0 Å². The van der Waals surface area contributed by atoms with Gasteiger partial charge in [0.05, 0.1) is 13.2 Å². The van der Waals surface area contributed by atoms with Crippen LogP contribution in [0.2, 0.25) is 0 Å². The minimum Gasteiger partial charge on any atom is -0.379 e. The van der Waals surface area contributed by atoms with Crippen molar-refractivity contribution in [3.05, 3.63) is 0 Å². The molecule has 0 spiro atoms. The van der Waals surface area contributed by atoms with Gasteiger partial charge in [0.15, 0.2) is 0 Å². The lowest BCUT2D eigenvalue weighted by Gasteiger charge is -2.05. The van der Waals surface area contributed by atoms with Crippen molar-refractivity contribution in [3.63, 3.8) is 0 Å². The molecular formula is C7H13NO. The Labute approximate surface area is 55.6 Å². The molecule has 0 aromatic carbocycles. The van der Waals surface area contributed by atoms with E-state index in [4.69, 9.17) is 4.74 Å². The summed E-state index contributed by atoms with van der Waals surface area (Å²) in [4.78, 5) is 0. The first kappa shape index (κ1) is 5.69. The quantitative estimate of drug-likeness (QED) is 0.508. The molecule has 9 heavy (non-hydrogen) atoms. The Morgan fingerprint density at radius 1 is 1.44 bits per heavy atom. The molecule has 0 radical (unpaired) electrons. The van der Waals surface area contributed by atoms with Gasteiger partial charge < -0.3 is 10.1 Å². The summed E-state index contributed by atoms with van der Waals surface area (Å²) in [5.41, 5.74) is 0. The van der Waals surface area contributed by atoms with Gasteiger partial charge in [0.25, 0.3) is 0 Å². The topological polar surface area (TPSA) is 21.3 Å². The van der Waals surface area contributed by atoms with Crippen LogP contribution >= 0.6 is 0 Å². The summed E-state index contributed by atoms with van der Waals surface area (Å²) in [7, 11) is 0. The molecular weight excluding hydrogens is 114 g/mol. The molecule has 2 rings (SSSR count). The first-order chi connectivity index (χ1) is 4.36. The minimum atomic E-state index is 0.681. The number of ether oxygens (including phenoxy) is 1. The molecule has 3 unspecified atom stereocenters. The second kappa shape index (κ2) is 1.96. The van der Waals surface area contributed by atoms with E-state index in [9.17, 15) is 0 Å². The van der Waals surface area contributed by atoms with E-state index in [2.05, 4.69) is 12.2 Å². The molecule has 0 bridgehead atoms. The SMILES string of the molecule is CC1CC2COCC2N1. The number of nitrogens with one attached hydrogen (secondary N) is 1. The Balaban J connectivity index is 2.02. The molecule has 0 saturated carbocycles. The summed E-state index contributed by atoms with van der Waals surface area (Å²) in [6.07, 6.45) is 1.31. The second-order valence-electron chi connectivity index (χ2n) is 3.21. The van der Waals surface area contributed by atoms with Gasteiger partial charge in [0.2, 0.25) is 0 Å². The van der Waals surface area contributed by atoms with Crippen LogP contribution < -0.4 is 5.32 Å². The maximum absolute atomic E-state index is 5.30. The third kappa shape index (κ3) is 0.864. The van der Waals surface area contributed by atoms with E-state index >= 15 is 0 Å². The first-order valence-electron chi connectivity index (χ1n) is 3.70. The maximum Gasteiger partial charge on any atom is 0.0623 e. The van der Waals surface area contributed by atoms with Gasteiger partial charge in [-0.2, -0.15) is 0 Å². The third-order valence-electron chi connectivity index (χ3n) is 2.35. The van der Waals surface area contributed by atoms with Crippen LogP contribution in [0.15, 0.2) is 0 Å². The standard InChI is InChI=1S/C7H13NO/c1-5-2-6-3-9-4-7(6)8-5/h5-8H,2-4H2,1H3. The smallest absolute Gasteiger partial charge is 0.0623 e. The molecule has 0 aliphatic carbocycles. The van der Waals surface area contributed by atoms with E-state index in [1.165, 1.54) is 6.42 Å². The van der Waals surface area contributed by atoms with Crippen molar-refractivity contribution in [1.82, 2.24) is 5.32 Å². The van der Waals surface area contributed by atoms with Crippen LogP contribution in [0.3, 0.4) is 0 Å². The van der Waals surface area contributed by atoms with Crippen molar-refractivity contribution in [2.24, 2.45) is 5.92 Å². The Bertz CT molecular complexity index is 103. The highest BCUT2D eigenvalue weighted by molar-refractivity contribution is 4.91. The zero-order valence-corrected chi connectivity index (χ0v) is 5.76. The van der Waals surface area contributed by atoms with Crippen LogP contribution in [0, 0.1) is 5.92 Å². The van der Waals surface area contributed by atoms with Crippen molar-refractivity contribution >= 4 is 0 Å². The third-order valence-corrected chi connectivity index (χ3v) is 2.35. The summed E-state index contributed by atoms with van der Waals surface area (Å²) in [6.45, 7) is 4.18. The molecule has 52 valence electrons. The van der Waals surface area contributed by atoms with E-state index in [1.54, 1.807) is 0 Å². The van der Waals surface area contributed by atoms with Crippen molar-refractivity contribution in [3.8, 4) is 0 Å². The molecule has 2 aliphatic heterocycles. The molecule has 2 aliphatic rings. The van der Waals surface area contributed by atoms with Gasteiger partial charge in [-0.3, -0.25) is 0 Å². The van der Waals surface area contributed by atoms with Crippen molar-refractivity contribution < 1.29 is 4.74 Å². The van der Waals surface area contributed by atoms with Crippen LogP contribution in [0.1, 0.15) is 13.3 Å². The van der Waals surface area contributed by atoms with Gasteiger partial charge in [-0.15, -0.1) is 0 Å². The molecule has 2 heterocycles. The molecule has 0 aromatic heterocycles. The van der Waals surface area contributed by atoms with Crippen LogP contribution in [0.5, 0.6) is 0 Å². The number of hydrogen-bond donors (Lipinski definition) is 1. The predicted molar refractivity (Wildman–Crippen MR) is 35.3 cm³/mol. The van der Waals surface area contributed by atoms with Crippen molar-refractivity contribution in [1.29, 1.82) is 0 Å². The number of hydrogen-bond acceptors (Lipinski definition) is 2. The van der Waals surface area contributed by atoms with Gasteiger partial charge in [-0.05, 0) is 13.3 Å². The summed E-state index contributed by atoms with van der Waals surface area (Å²) in [5.74, 6) is 0.819. The molecule has 2 saturated heterocycles. The number of fused-ring (bicyclic) bond motifs is 1. The maximum atomic E-state index is 5.30. The summed E-state index contributed by atoms with van der Waals surface area (Å²) >= 11 is 0. The van der Waals surface area contributed by atoms with Gasteiger partial charge in [-0.1, -0.05) is 0 Å². The fraction of sp³-hybridized carbons (Fsp3) is 1.00. The molecule has 0 aromatic rings. The summed E-state index contributed by atoms with van der Waals surface area (Å²) in [6, 6.07) is 1.41. The fourth-order valence-electron chi connectivity index (χ4n) is 1.90. The lowest BCUT2D eigenvalue weighted by molar-refractivity contribution is 0.173. The van der Waals surface area contributed by atoms with Crippen molar-refractivity contribution in [2.45, 2.75) is 25.4 Å². The monoisotopic (exact) mass is 127 g/mol. The lowest BCUT2D eigenvalue weighted by Crippen LogP contribution is -2.29.